The van der Waals surface area contributed by atoms with Crippen molar-refractivity contribution in [2.45, 2.75) is 57.9 Å². The lowest BCUT2D eigenvalue weighted by atomic mass is 9.77. The summed E-state index contributed by atoms with van der Waals surface area (Å²) in [5.41, 5.74) is 9.42. The Hall–Kier alpha value is -3.51. The lowest BCUT2D eigenvalue weighted by Gasteiger charge is -2.37. The first-order valence-electron chi connectivity index (χ1n) is 13.1. The van der Waals surface area contributed by atoms with Gasteiger partial charge in [0.15, 0.2) is 0 Å². The fourth-order valence-electron chi connectivity index (χ4n) is 5.33. The quantitative estimate of drug-likeness (QED) is 0.159. The molecule has 2 fully saturated rings. The topological polar surface area (TPSA) is 174 Å². The van der Waals surface area contributed by atoms with Crippen LogP contribution in [0.4, 0.5) is 4.79 Å². The molecular formula is C26H38N6O6. The maximum Gasteiger partial charge on any atom is 0.344 e. The third-order valence-corrected chi connectivity index (χ3v) is 7.79. The van der Waals surface area contributed by atoms with Crippen LogP contribution in [-0.2, 0) is 25.6 Å². The van der Waals surface area contributed by atoms with E-state index >= 15 is 0 Å². The standard InChI is InChI=1S/C26H38N6O6/c1-3-17(2)21(19(22(34)30-38)11-7-10-18-8-5-4-6-9-18)23(35)29-32-24(36)26(28-25(32)37)12-14-31(15-13-26)20(33)16-27/h4-6,8-9,17,19,21,38H,3,7,10-16,27H2,1-2H3,(H,28,37)(H,29,35)(H,30,34)/t17?,19-,21+/m0/s1. The number of hydroxylamine groups is 1. The summed E-state index contributed by atoms with van der Waals surface area (Å²) in [6.07, 6.45) is 2.54. The minimum atomic E-state index is -1.22. The van der Waals surface area contributed by atoms with Crippen molar-refractivity contribution >= 4 is 29.7 Å². The van der Waals surface area contributed by atoms with Gasteiger partial charge in [-0.15, -0.1) is 0 Å². The summed E-state index contributed by atoms with van der Waals surface area (Å²) in [7, 11) is 0. The van der Waals surface area contributed by atoms with Crippen molar-refractivity contribution in [3.05, 3.63) is 35.9 Å². The monoisotopic (exact) mass is 530 g/mol. The number of carbonyl (C=O) groups excluding carboxylic acids is 5. The molecule has 2 aliphatic heterocycles. The highest BCUT2D eigenvalue weighted by Crippen LogP contribution is 2.31. The van der Waals surface area contributed by atoms with Gasteiger partial charge in [-0.2, -0.15) is 5.01 Å². The van der Waals surface area contributed by atoms with Crippen LogP contribution in [0.1, 0.15) is 51.5 Å². The average Bonchev–Trinajstić information content (AvgIpc) is 3.15. The zero-order valence-corrected chi connectivity index (χ0v) is 21.9. The van der Waals surface area contributed by atoms with Crippen molar-refractivity contribution in [3.8, 4) is 0 Å². The summed E-state index contributed by atoms with van der Waals surface area (Å²) < 4.78 is 0. The number of rotatable bonds is 11. The highest BCUT2D eigenvalue weighted by atomic mass is 16.5. The molecular weight excluding hydrogens is 492 g/mol. The first-order valence-corrected chi connectivity index (χ1v) is 13.1. The van der Waals surface area contributed by atoms with Gasteiger partial charge in [0.05, 0.1) is 18.4 Å². The minimum Gasteiger partial charge on any atom is -0.341 e. The molecule has 2 saturated heterocycles. The summed E-state index contributed by atoms with van der Waals surface area (Å²) in [4.78, 5) is 65.7. The average molecular weight is 531 g/mol. The molecule has 0 aromatic heterocycles. The first kappa shape index (κ1) is 29.1. The highest BCUT2D eigenvalue weighted by Gasteiger charge is 2.54. The van der Waals surface area contributed by atoms with Crippen LogP contribution in [0, 0.1) is 17.8 Å². The molecule has 1 spiro atoms. The Morgan fingerprint density at radius 3 is 2.37 bits per heavy atom. The lowest BCUT2D eigenvalue weighted by molar-refractivity contribution is -0.147. The van der Waals surface area contributed by atoms with Crippen LogP contribution >= 0.6 is 0 Å². The first-order chi connectivity index (χ1) is 18.2. The third-order valence-electron chi connectivity index (χ3n) is 7.79. The summed E-state index contributed by atoms with van der Waals surface area (Å²) in [5.74, 6) is -4.24. The van der Waals surface area contributed by atoms with Crippen molar-refractivity contribution in [2.24, 2.45) is 23.5 Å². The van der Waals surface area contributed by atoms with Crippen LogP contribution in [0.2, 0.25) is 0 Å². The molecule has 6 N–H and O–H groups in total. The van der Waals surface area contributed by atoms with E-state index in [0.717, 1.165) is 5.56 Å². The van der Waals surface area contributed by atoms with Crippen LogP contribution in [0.15, 0.2) is 30.3 Å². The number of nitrogens with two attached hydrogens (primary N) is 1. The number of benzene rings is 1. The molecule has 2 heterocycles. The molecule has 0 bridgehead atoms. The number of hydrogen-bond donors (Lipinski definition) is 5. The number of nitrogens with one attached hydrogen (secondary N) is 3. The van der Waals surface area contributed by atoms with Crippen molar-refractivity contribution < 1.29 is 29.2 Å². The van der Waals surface area contributed by atoms with E-state index in [9.17, 15) is 29.2 Å². The van der Waals surface area contributed by atoms with Gasteiger partial charge in [0, 0.05) is 13.1 Å². The lowest BCUT2D eigenvalue weighted by Crippen LogP contribution is -2.57. The summed E-state index contributed by atoms with van der Waals surface area (Å²) in [5, 5.41) is 12.8. The van der Waals surface area contributed by atoms with Gasteiger partial charge in [-0.1, -0.05) is 50.6 Å². The normalized spacial score (nSPS) is 19.1. The SMILES string of the molecule is CCC(C)[C@@H](C(=O)NN1C(=O)NC2(CCN(C(=O)CN)CC2)C1=O)[C@H](CCCc1ccccc1)C(=O)NO. The second kappa shape index (κ2) is 12.8. The Morgan fingerprint density at radius 1 is 1.13 bits per heavy atom. The Morgan fingerprint density at radius 2 is 1.79 bits per heavy atom. The molecule has 2 aliphatic rings. The van der Waals surface area contributed by atoms with Crippen molar-refractivity contribution in [1.82, 2.24) is 26.1 Å². The number of hydrogen-bond acceptors (Lipinski definition) is 7. The van der Waals surface area contributed by atoms with Gasteiger partial charge < -0.3 is 16.0 Å². The van der Waals surface area contributed by atoms with E-state index < -0.39 is 41.1 Å². The Bertz CT molecular complexity index is 1030. The number of urea groups is 1. The maximum atomic E-state index is 13.5. The molecule has 6 amide bonds. The molecule has 12 nitrogen and oxygen atoms in total. The van der Waals surface area contributed by atoms with E-state index in [2.05, 4.69) is 10.7 Å². The molecule has 38 heavy (non-hydrogen) atoms. The zero-order valence-electron chi connectivity index (χ0n) is 21.9. The molecule has 0 aliphatic carbocycles. The predicted octanol–water partition coefficient (Wildman–Crippen LogP) is 0.696. The molecule has 1 unspecified atom stereocenters. The summed E-state index contributed by atoms with van der Waals surface area (Å²) in [6.45, 7) is 4.05. The van der Waals surface area contributed by atoms with Crippen LogP contribution < -0.4 is 22.0 Å². The van der Waals surface area contributed by atoms with Crippen LogP contribution in [0.3, 0.4) is 0 Å². The number of nitrogens with zero attached hydrogens (tertiary/aromatic N) is 2. The summed E-state index contributed by atoms with van der Waals surface area (Å²) in [6, 6.07) is 8.95. The molecule has 0 radical (unpaired) electrons. The van der Waals surface area contributed by atoms with Crippen LogP contribution in [-0.4, -0.2) is 69.9 Å². The smallest absolute Gasteiger partial charge is 0.341 e. The zero-order chi connectivity index (χ0) is 27.9. The van der Waals surface area contributed by atoms with Gasteiger partial charge in [0.2, 0.25) is 17.7 Å². The number of amides is 6. The highest BCUT2D eigenvalue weighted by molar-refractivity contribution is 6.08. The number of piperidine rings is 1. The largest absolute Gasteiger partial charge is 0.344 e. The molecule has 208 valence electrons. The fraction of sp³-hybridized carbons (Fsp3) is 0.577. The van der Waals surface area contributed by atoms with Gasteiger partial charge in [-0.3, -0.25) is 29.8 Å². The number of imide groups is 1. The Labute approximate surface area is 222 Å². The van der Waals surface area contributed by atoms with E-state index in [1.54, 1.807) is 10.4 Å². The van der Waals surface area contributed by atoms with Gasteiger partial charge in [-0.25, -0.2) is 10.3 Å². The predicted molar refractivity (Wildman–Crippen MR) is 137 cm³/mol. The minimum absolute atomic E-state index is 0.138. The number of aryl methyl sites for hydroxylation is 1. The fourth-order valence-corrected chi connectivity index (χ4v) is 5.33. The molecule has 0 saturated carbocycles. The Kier molecular flexibility index (Phi) is 9.81. The van der Waals surface area contributed by atoms with Crippen molar-refractivity contribution in [2.75, 3.05) is 19.6 Å². The van der Waals surface area contributed by atoms with Gasteiger partial charge >= 0.3 is 6.03 Å². The molecule has 1 aromatic rings. The van der Waals surface area contributed by atoms with E-state index in [1.807, 2.05) is 44.2 Å². The van der Waals surface area contributed by atoms with E-state index in [0.29, 0.717) is 30.7 Å². The van der Waals surface area contributed by atoms with Gasteiger partial charge in [0.1, 0.15) is 5.54 Å². The van der Waals surface area contributed by atoms with Gasteiger partial charge in [0.25, 0.3) is 5.91 Å². The second-order valence-corrected chi connectivity index (χ2v) is 10.1. The molecule has 12 heteroatoms. The molecule has 1 aromatic carbocycles. The van der Waals surface area contributed by atoms with Crippen LogP contribution in [0.25, 0.3) is 0 Å². The van der Waals surface area contributed by atoms with E-state index in [-0.39, 0.29) is 44.3 Å². The number of carbonyl (C=O) groups is 5. The van der Waals surface area contributed by atoms with Crippen molar-refractivity contribution in [1.29, 1.82) is 0 Å². The molecule has 3 atom stereocenters. The molecule has 3 rings (SSSR count). The van der Waals surface area contributed by atoms with Crippen molar-refractivity contribution in [3.63, 3.8) is 0 Å². The number of hydrazine groups is 1. The summed E-state index contributed by atoms with van der Waals surface area (Å²) >= 11 is 0. The van der Waals surface area contributed by atoms with Crippen LogP contribution in [0.5, 0.6) is 0 Å². The second-order valence-electron chi connectivity index (χ2n) is 10.1. The van der Waals surface area contributed by atoms with Gasteiger partial charge in [-0.05, 0) is 43.6 Å². The van der Waals surface area contributed by atoms with E-state index in [4.69, 9.17) is 5.73 Å². The Balaban J connectivity index is 1.73. The number of likely N-dealkylation sites (tertiary alicyclic amines) is 1. The third kappa shape index (κ3) is 6.30. The maximum absolute atomic E-state index is 13.5. The van der Waals surface area contributed by atoms with E-state index in [1.165, 1.54) is 0 Å².